The van der Waals surface area contributed by atoms with E-state index in [2.05, 4.69) is 10.6 Å². The van der Waals surface area contributed by atoms with Crippen LogP contribution in [-0.4, -0.2) is 24.3 Å². The van der Waals surface area contributed by atoms with Crippen molar-refractivity contribution >= 4 is 23.7 Å². The molecule has 1 rings (SSSR count). The number of primary amides is 1. The third-order valence-corrected chi connectivity index (χ3v) is 2.80. The van der Waals surface area contributed by atoms with Crippen LogP contribution in [0.2, 0.25) is 5.02 Å². The van der Waals surface area contributed by atoms with Gasteiger partial charge in [0.15, 0.2) is 0 Å². The predicted octanol–water partition coefficient (Wildman–Crippen LogP) is 2.57. The smallest absolute Gasteiger partial charge is 0.408 e. The standard InChI is InChI=1S/C14H20ClN3O3/c1-14(2,3)21-13(20)18-11(8-17-12(16)19)9-6-4-5-7-10(9)15/h4-7,11H,8H2,1-3H3,(H,18,20)(H3,16,17,19). The van der Waals surface area contributed by atoms with Crippen molar-refractivity contribution < 1.29 is 14.3 Å². The highest BCUT2D eigenvalue weighted by Crippen LogP contribution is 2.22. The molecule has 1 unspecified atom stereocenters. The van der Waals surface area contributed by atoms with Gasteiger partial charge < -0.3 is 21.1 Å². The molecule has 0 bridgehead atoms. The topological polar surface area (TPSA) is 93.4 Å². The van der Waals surface area contributed by atoms with Crippen molar-refractivity contribution in [3.05, 3.63) is 34.9 Å². The number of carbonyl (C=O) groups excluding carboxylic acids is 2. The second kappa shape index (κ2) is 7.17. The Hall–Kier alpha value is -1.95. The number of ether oxygens (including phenoxy) is 1. The van der Waals surface area contributed by atoms with Gasteiger partial charge in [0.2, 0.25) is 0 Å². The molecule has 1 aromatic carbocycles. The first-order chi connectivity index (χ1) is 9.69. The molecule has 6 nitrogen and oxygen atoms in total. The minimum Gasteiger partial charge on any atom is -0.444 e. The highest BCUT2D eigenvalue weighted by Gasteiger charge is 2.22. The first-order valence-corrected chi connectivity index (χ1v) is 6.84. The van der Waals surface area contributed by atoms with E-state index < -0.39 is 23.8 Å². The zero-order valence-electron chi connectivity index (χ0n) is 12.3. The average molecular weight is 314 g/mol. The van der Waals surface area contributed by atoms with Gasteiger partial charge in [0.05, 0.1) is 6.04 Å². The molecule has 3 amide bonds. The second-order valence-corrected chi connectivity index (χ2v) is 5.87. The van der Waals surface area contributed by atoms with Crippen LogP contribution in [0.25, 0.3) is 0 Å². The summed E-state index contributed by atoms with van der Waals surface area (Å²) in [4.78, 5) is 22.7. The molecular formula is C14H20ClN3O3. The van der Waals surface area contributed by atoms with E-state index in [1.807, 2.05) is 0 Å². The zero-order chi connectivity index (χ0) is 16.0. The Balaban J connectivity index is 2.85. The lowest BCUT2D eigenvalue weighted by Crippen LogP contribution is -2.41. The van der Waals surface area contributed by atoms with E-state index in [0.717, 1.165) is 0 Å². The van der Waals surface area contributed by atoms with Gasteiger partial charge in [-0.1, -0.05) is 29.8 Å². The van der Waals surface area contributed by atoms with Crippen LogP contribution in [0.4, 0.5) is 9.59 Å². The summed E-state index contributed by atoms with van der Waals surface area (Å²) in [7, 11) is 0. The van der Waals surface area contributed by atoms with Crippen molar-refractivity contribution in [2.75, 3.05) is 6.54 Å². The van der Waals surface area contributed by atoms with E-state index in [9.17, 15) is 9.59 Å². The summed E-state index contributed by atoms with van der Waals surface area (Å²) in [6, 6.07) is 5.80. The normalized spacial score (nSPS) is 12.4. The quantitative estimate of drug-likeness (QED) is 0.797. The molecule has 4 N–H and O–H groups in total. The van der Waals surface area contributed by atoms with Gasteiger partial charge in [-0.2, -0.15) is 0 Å². The number of benzene rings is 1. The Morgan fingerprint density at radius 1 is 1.33 bits per heavy atom. The molecule has 116 valence electrons. The van der Waals surface area contributed by atoms with Crippen molar-refractivity contribution in [3.63, 3.8) is 0 Å². The number of rotatable bonds is 4. The molecule has 0 aliphatic rings. The van der Waals surface area contributed by atoms with E-state index >= 15 is 0 Å². The second-order valence-electron chi connectivity index (χ2n) is 5.47. The Kier molecular flexibility index (Phi) is 5.84. The summed E-state index contributed by atoms with van der Waals surface area (Å²) < 4.78 is 5.20. The minimum absolute atomic E-state index is 0.109. The molecule has 0 spiro atoms. The molecule has 0 fully saturated rings. The molecule has 1 atom stereocenters. The number of hydrogen-bond donors (Lipinski definition) is 3. The zero-order valence-corrected chi connectivity index (χ0v) is 13.0. The van der Waals surface area contributed by atoms with Crippen LogP contribution < -0.4 is 16.4 Å². The highest BCUT2D eigenvalue weighted by molar-refractivity contribution is 6.31. The maximum absolute atomic E-state index is 11.9. The molecule has 0 radical (unpaired) electrons. The van der Waals surface area contributed by atoms with Gasteiger partial charge in [-0.15, -0.1) is 0 Å². The van der Waals surface area contributed by atoms with Crippen LogP contribution in [0, 0.1) is 0 Å². The third kappa shape index (κ3) is 6.35. The number of alkyl carbamates (subject to hydrolysis) is 1. The number of nitrogens with one attached hydrogen (secondary N) is 2. The molecular weight excluding hydrogens is 294 g/mol. The lowest BCUT2D eigenvalue weighted by atomic mass is 10.1. The summed E-state index contributed by atoms with van der Waals surface area (Å²) >= 11 is 6.11. The van der Waals surface area contributed by atoms with Crippen LogP contribution in [0.5, 0.6) is 0 Å². The van der Waals surface area contributed by atoms with Crippen LogP contribution in [-0.2, 0) is 4.74 Å². The lowest BCUT2D eigenvalue weighted by Gasteiger charge is -2.24. The third-order valence-electron chi connectivity index (χ3n) is 2.45. The molecule has 7 heteroatoms. The Labute approximate surface area is 129 Å². The van der Waals surface area contributed by atoms with Crippen LogP contribution in [0.1, 0.15) is 32.4 Å². The van der Waals surface area contributed by atoms with Crippen LogP contribution in [0.3, 0.4) is 0 Å². The van der Waals surface area contributed by atoms with E-state index in [1.165, 1.54) is 0 Å². The number of carbonyl (C=O) groups is 2. The summed E-state index contributed by atoms with van der Waals surface area (Å²) in [5, 5.41) is 5.60. The molecule has 0 saturated heterocycles. The van der Waals surface area contributed by atoms with Crippen molar-refractivity contribution in [1.29, 1.82) is 0 Å². The molecule has 0 saturated carbocycles. The fourth-order valence-corrected chi connectivity index (χ4v) is 1.92. The van der Waals surface area contributed by atoms with Crippen molar-refractivity contribution in [2.24, 2.45) is 5.73 Å². The Bertz CT molecular complexity index is 514. The average Bonchev–Trinajstić information content (AvgIpc) is 2.33. The van der Waals surface area contributed by atoms with Gasteiger partial charge >= 0.3 is 12.1 Å². The van der Waals surface area contributed by atoms with Gasteiger partial charge in [-0.05, 0) is 32.4 Å². The number of hydrogen-bond acceptors (Lipinski definition) is 3. The first kappa shape index (κ1) is 17.1. The number of halogens is 1. The van der Waals surface area contributed by atoms with Gasteiger partial charge in [0.1, 0.15) is 5.60 Å². The maximum Gasteiger partial charge on any atom is 0.408 e. The van der Waals surface area contributed by atoms with Crippen molar-refractivity contribution in [1.82, 2.24) is 10.6 Å². The van der Waals surface area contributed by atoms with E-state index in [-0.39, 0.29) is 6.54 Å². The Morgan fingerprint density at radius 2 is 1.95 bits per heavy atom. The van der Waals surface area contributed by atoms with Gasteiger partial charge in [-0.3, -0.25) is 0 Å². The van der Waals surface area contributed by atoms with Crippen LogP contribution in [0.15, 0.2) is 24.3 Å². The summed E-state index contributed by atoms with van der Waals surface area (Å²) in [6.07, 6.45) is -0.598. The summed E-state index contributed by atoms with van der Waals surface area (Å²) in [5.41, 5.74) is 5.11. The van der Waals surface area contributed by atoms with E-state index in [1.54, 1.807) is 45.0 Å². The van der Waals surface area contributed by atoms with Gasteiger partial charge in [0, 0.05) is 11.6 Å². The SMILES string of the molecule is CC(C)(C)OC(=O)NC(CNC(N)=O)c1ccccc1Cl. The number of amides is 3. The fraction of sp³-hybridized carbons (Fsp3) is 0.429. The van der Waals surface area contributed by atoms with Gasteiger partial charge in [-0.25, -0.2) is 9.59 Å². The predicted molar refractivity (Wildman–Crippen MR) is 81.1 cm³/mol. The van der Waals surface area contributed by atoms with Gasteiger partial charge in [0.25, 0.3) is 0 Å². The van der Waals surface area contributed by atoms with Crippen LogP contribution >= 0.6 is 11.6 Å². The molecule has 0 aromatic heterocycles. The monoisotopic (exact) mass is 313 g/mol. The Morgan fingerprint density at radius 3 is 2.48 bits per heavy atom. The fourth-order valence-electron chi connectivity index (χ4n) is 1.65. The number of urea groups is 1. The molecule has 21 heavy (non-hydrogen) atoms. The molecule has 0 aliphatic heterocycles. The first-order valence-electron chi connectivity index (χ1n) is 6.46. The summed E-state index contributed by atoms with van der Waals surface area (Å²) in [5.74, 6) is 0. The largest absolute Gasteiger partial charge is 0.444 e. The van der Waals surface area contributed by atoms with E-state index in [4.69, 9.17) is 22.1 Å². The minimum atomic E-state index is -0.682. The lowest BCUT2D eigenvalue weighted by molar-refractivity contribution is 0.0503. The van der Waals surface area contributed by atoms with Crippen molar-refractivity contribution in [3.8, 4) is 0 Å². The molecule has 0 heterocycles. The van der Waals surface area contributed by atoms with Crippen molar-refractivity contribution in [2.45, 2.75) is 32.4 Å². The van der Waals surface area contributed by atoms with E-state index in [0.29, 0.717) is 10.6 Å². The molecule has 0 aliphatic carbocycles. The maximum atomic E-state index is 11.9. The molecule has 1 aromatic rings. The summed E-state index contributed by atoms with van der Waals surface area (Å²) in [6.45, 7) is 5.40. The highest BCUT2D eigenvalue weighted by atomic mass is 35.5. The number of nitrogens with two attached hydrogens (primary N) is 1.